The van der Waals surface area contributed by atoms with E-state index in [0.29, 0.717) is 36.3 Å². The Morgan fingerprint density at radius 2 is 2.07 bits per heavy atom. The van der Waals surface area contributed by atoms with Gasteiger partial charge in [-0.15, -0.1) is 11.3 Å². The van der Waals surface area contributed by atoms with E-state index in [1.807, 2.05) is 20.8 Å². The summed E-state index contributed by atoms with van der Waals surface area (Å²) in [5, 5.41) is 7.66. The summed E-state index contributed by atoms with van der Waals surface area (Å²) in [5.41, 5.74) is 0.596. The van der Waals surface area contributed by atoms with E-state index in [2.05, 4.69) is 15.6 Å². The molecule has 0 saturated carbocycles. The lowest BCUT2D eigenvalue weighted by atomic mass is 10.2. The summed E-state index contributed by atoms with van der Waals surface area (Å²) in [6.07, 6.45) is 2.30. The van der Waals surface area contributed by atoms with E-state index < -0.39 is 0 Å². The van der Waals surface area contributed by atoms with E-state index in [1.165, 1.54) is 22.5 Å². The van der Waals surface area contributed by atoms with Crippen molar-refractivity contribution in [3.05, 3.63) is 35.2 Å². The minimum atomic E-state index is -0.349. The predicted octanol–water partition coefficient (Wildman–Crippen LogP) is 2.54. The van der Waals surface area contributed by atoms with Gasteiger partial charge in [0, 0.05) is 18.5 Å². The Balaban J connectivity index is 1.88. The first-order valence-corrected chi connectivity index (χ1v) is 10.1. The monoisotopic (exact) mass is 406 g/mol. The molecule has 0 bridgehead atoms. The average molecular weight is 407 g/mol. The topological polar surface area (TPSA) is 105 Å². The summed E-state index contributed by atoms with van der Waals surface area (Å²) in [4.78, 5) is 42.3. The van der Waals surface area contributed by atoms with Crippen LogP contribution in [-0.2, 0) is 16.0 Å². The summed E-state index contributed by atoms with van der Waals surface area (Å²) in [6.45, 7) is 6.93. The van der Waals surface area contributed by atoms with Crippen molar-refractivity contribution in [2.75, 3.05) is 25.0 Å². The van der Waals surface area contributed by atoms with Gasteiger partial charge in [0.15, 0.2) is 10.9 Å². The van der Waals surface area contributed by atoms with Crippen LogP contribution in [0.2, 0.25) is 0 Å². The maximum atomic E-state index is 12.4. The van der Waals surface area contributed by atoms with E-state index in [4.69, 9.17) is 4.42 Å². The molecule has 3 amide bonds. The van der Waals surface area contributed by atoms with Crippen molar-refractivity contribution in [2.45, 2.75) is 33.6 Å². The fourth-order valence-corrected chi connectivity index (χ4v) is 3.13. The molecule has 8 nitrogen and oxygen atoms in total. The van der Waals surface area contributed by atoms with Gasteiger partial charge in [-0.2, -0.15) is 0 Å². The third kappa shape index (κ3) is 6.80. The first-order valence-electron chi connectivity index (χ1n) is 9.22. The fourth-order valence-electron chi connectivity index (χ4n) is 2.40. The van der Waals surface area contributed by atoms with Crippen LogP contribution >= 0.6 is 11.3 Å². The number of furan rings is 1. The van der Waals surface area contributed by atoms with E-state index >= 15 is 0 Å². The summed E-state index contributed by atoms with van der Waals surface area (Å²) >= 11 is 1.25. The molecular formula is C19H26N4O4S. The van der Waals surface area contributed by atoms with Crippen molar-refractivity contribution < 1.29 is 18.8 Å². The zero-order chi connectivity index (χ0) is 20.5. The van der Waals surface area contributed by atoms with Crippen LogP contribution in [0.25, 0.3) is 0 Å². The molecule has 9 heteroatoms. The number of aromatic nitrogens is 1. The van der Waals surface area contributed by atoms with Crippen LogP contribution in [0.15, 0.2) is 28.2 Å². The molecule has 2 rings (SSSR count). The Labute approximate surface area is 168 Å². The van der Waals surface area contributed by atoms with Crippen LogP contribution in [0, 0.1) is 5.92 Å². The number of thiazole rings is 1. The SMILES string of the molecule is CCCN(CC(=O)Nc1nc(CC(=O)NCC(C)C)cs1)C(=O)c1ccco1. The molecule has 2 N–H and O–H groups in total. The standard InChI is InChI=1S/C19H26N4O4S/c1-4-7-23(18(26)15-6-5-8-27-15)11-17(25)22-19-21-14(12-28-19)9-16(24)20-10-13(2)3/h5-6,8,12-13H,4,7,9-11H2,1-3H3,(H,20,24)(H,21,22,25). The van der Waals surface area contributed by atoms with Crippen molar-refractivity contribution >= 4 is 34.2 Å². The Bertz CT molecular complexity index is 786. The molecule has 0 saturated heterocycles. The molecule has 28 heavy (non-hydrogen) atoms. The zero-order valence-corrected chi connectivity index (χ0v) is 17.2. The van der Waals surface area contributed by atoms with Gasteiger partial charge in [0.05, 0.1) is 18.4 Å². The zero-order valence-electron chi connectivity index (χ0n) is 16.4. The Morgan fingerprint density at radius 1 is 1.29 bits per heavy atom. The molecule has 2 aromatic rings. The molecule has 0 aliphatic carbocycles. The highest BCUT2D eigenvalue weighted by Crippen LogP contribution is 2.16. The van der Waals surface area contributed by atoms with Gasteiger partial charge in [-0.1, -0.05) is 20.8 Å². The lowest BCUT2D eigenvalue weighted by molar-refractivity contribution is -0.120. The van der Waals surface area contributed by atoms with Crippen molar-refractivity contribution in [3.63, 3.8) is 0 Å². The normalized spacial score (nSPS) is 10.7. The maximum absolute atomic E-state index is 12.4. The number of hydrogen-bond donors (Lipinski definition) is 2. The Kier molecular flexibility index (Phi) is 8.19. The van der Waals surface area contributed by atoms with Crippen molar-refractivity contribution in [3.8, 4) is 0 Å². The van der Waals surface area contributed by atoms with Crippen LogP contribution in [0.1, 0.15) is 43.4 Å². The first-order chi connectivity index (χ1) is 13.4. The third-order valence-electron chi connectivity index (χ3n) is 3.69. The number of nitrogens with one attached hydrogen (secondary N) is 2. The second-order valence-corrected chi connectivity index (χ2v) is 7.63. The molecule has 0 unspecified atom stereocenters. The second kappa shape index (κ2) is 10.6. The number of carbonyl (C=O) groups excluding carboxylic acids is 3. The van der Waals surface area contributed by atoms with Crippen LogP contribution in [-0.4, -0.2) is 47.2 Å². The van der Waals surface area contributed by atoms with E-state index in [9.17, 15) is 14.4 Å². The number of carbonyl (C=O) groups is 3. The van der Waals surface area contributed by atoms with Gasteiger partial charge in [-0.3, -0.25) is 14.4 Å². The quantitative estimate of drug-likeness (QED) is 0.631. The van der Waals surface area contributed by atoms with Crippen LogP contribution in [0.4, 0.5) is 5.13 Å². The van der Waals surface area contributed by atoms with Crippen LogP contribution in [0.5, 0.6) is 0 Å². The number of amides is 3. The highest BCUT2D eigenvalue weighted by molar-refractivity contribution is 7.13. The maximum Gasteiger partial charge on any atom is 0.290 e. The molecule has 0 aromatic carbocycles. The van der Waals surface area contributed by atoms with E-state index in [1.54, 1.807) is 17.5 Å². The summed E-state index contributed by atoms with van der Waals surface area (Å²) < 4.78 is 5.13. The second-order valence-electron chi connectivity index (χ2n) is 6.77. The highest BCUT2D eigenvalue weighted by Gasteiger charge is 2.21. The summed E-state index contributed by atoms with van der Waals surface area (Å²) in [5.74, 6) is -0.202. The van der Waals surface area contributed by atoms with E-state index in [0.717, 1.165) is 0 Å². The predicted molar refractivity (Wildman–Crippen MR) is 107 cm³/mol. The molecule has 0 atom stereocenters. The van der Waals surface area contributed by atoms with Crippen molar-refractivity contribution in [1.29, 1.82) is 0 Å². The van der Waals surface area contributed by atoms with Gasteiger partial charge in [-0.25, -0.2) is 4.98 Å². The van der Waals surface area contributed by atoms with Gasteiger partial charge in [-0.05, 0) is 24.5 Å². The minimum Gasteiger partial charge on any atom is -0.459 e. The molecule has 152 valence electrons. The van der Waals surface area contributed by atoms with Gasteiger partial charge in [0.2, 0.25) is 11.8 Å². The summed E-state index contributed by atoms with van der Waals surface area (Å²) in [7, 11) is 0. The molecular weight excluding hydrogens is 380 g/mol. The molecule has 0 radical (unpaired) electrons. The fraction of sp³-hybridized carbons (Fsp3) is 0.474. The largest absolute Gasteiger partial charge is 0.459 e. The molecule has 2 heterocycles. The molecule has 0 aliphatic rings. The number of hydrogen-bond acceptors (Lipinski definition) is 6. The number of anilines is 1. The first kappa shape index (κ1) is 21.6. The molecule has 0 fully saturated rings. The Morgan fingerprint density at radius 3 is 2.71 bits per heavy atom. The van der Waals surface area contributed by atoms with E-state index in [-0.39, 0.29) is 36.4 Å². The lowest BCUT2D eigenvalue weighted by Crippen LogP contribution is -2.38. The minimum absolute atomic E-state index is 0.100. The lowest BCUT2D eigenvalue weighted by Gasteiger charge is -2.20. The van der Waals surface area contributed by atoms with Gasteiger partial charge in [0.25, 0.3) is 5.91 Å². The number of rotatable bonds is 10. The van der Waals surface area contributed by atoms with Crippen LogP contribution < -0.4 is 10.6 Å². The molecule has 0 spiro atoms. The third-order valence-corrected chi connectivity index (χ3v) is 4.50. The average Bonchev–Trinajstić information content (AvgIpc) is 3.31. The van der Waals surface area contributed by atoms with Gasteiger partial charge < -0.3 is 20.0 Å². The van der Waals surface area contributed by atoms with Crippen LogP contribution in [0.3, 0.4) is 0 Å². The number of nitrogens with zero attached hydrogens (tertiary/aromatic N) is 2. The van der Waals surface area contributed by atoms with Gasteiger partial charge in [0.1, 0.15) is 6.54 Å². The molecule has 0 aliphatic heterocycles. The Hall–Kier alpha value is -2.68. The highest BCUT2D eigenvalue weighted by atomic mass is 32.1. The summed E-state index contributed by atoms with van der Waals surface area (Å²) in [6, 6.07) is 3.20. The van der Waals surface area contributed by atoms with Gasteiger partial charge >= 0.3 is 0 Å². The molecule has 2 aromatic heterocycles. The van der Waals surface area contributed by atoms with Crippen molar-refractivity contribution in [1.82, 2.24) is 15.2 Å². The van der Waals surface area contributed by atoms with Crippen molar-refractivity contribution in [2.24, 2.45) is 5.92 Å². The smallest absolute Gasteiger partial charge is 0.290 e.